The van der Waals surface area contributed by atoms with Crippen LogP contribution in [0.25, 0.3) is 0 Å². The molecule has 1 fully saturated rings. The number of nitrogens with zero attached hydrogens (tertiary/aromatic N) is 2. The minimum atomic E-state index is 0.236. The zero-order valence-electron chi connectivity index (χ0n) is 9.74. The van der Waals surface area contributed by atoms with Crippen molar-refractivity contribution in [1.82, 2.24) is 9.36 Å². The Kier molecular flexibility index (Phi) is 4.03. The second-order valence-corrected chi connectivity index (χ2v) is 5.98. The molecule has 0 spiro atoms. The Hall–Kier alpha value is -0.350. The number of aromatic nitrogens is 2. The van der Waals surface area contributed by atoms with Crippen LogP contribution < -0.4 is 5.32 Å². The molecular weight excluding hydrogens is 242 g/mol. The molecule has 5 heteroatoms. The minimum absolute atomic E-state index is 0.236. The largest absolute Gasteiger partial charge is 0.356 e. The Morgan fingerprint density at radius 3 is 2.75 bits per heavy atom. The third-order valence-electron chi connectivity index (χ3n) is 2.95. The molecule has 0 amide bonds. The molecule has 1 N–H and O–H groups in total. The molecule has 0 bridgehead atoms. The van der Waals surface area contributed by atoms with Crippen LogP contribution in [-0.2, 0) is 0 Å². The molecule has 1 aliphatic rings. The molecule has 1 heterocycles. The maximum atomic E-state index is 6.30. The molecule has 16 heavy (non-hydrogen) atoms. The summed E-state index contributed by atoms with van der Waals surface area (Å²) in [6, 6.07) is 0.364. The van der Waals surface area contributed by atoms with E-state index in [0.717, 1.165) is 23.8 Å². The molecule has 0 radical (unpaired) electrons. The Bertz CT molecular complexity index is 340. The van der Waals surface area contributed by atoms with Gasteiger partial charge < -0.3 is 5.32 Å². The highest BCUT2D eigenvalue weighted by atomic mass is 35.5. The predicted octanol–water partition coefficient (Wildman–Crippen LogP) is 3.62. The lowest BCUT2D eigenvalue weighted by Crippen LogP contribution is -2.32. The van der Waals surface area contributed by atoms with Crippen molar-refractivity contribution in [2.24, 2.45) is 0 Å². The number of halogens is 1. The Balaban J connectivity index is 1.97. The normalized spacial score (nSPS) is 26.0. The van der Waals surface area contributed by atoms with E-state index in [2.05, 4.69) is 28.5 Å². The summed E-state index contributed by atoms with van der Waals surface area (Å²) >= 11 is 7.74. The van der Waals surface area contributed by atoms with Gasteiger partial charge in [-0.3, -0.25) is 0 Å². The van der Waals surface area contributed by atoms with Gasteiger partial charge in [-0.15, -0.1) is 11.6 Å². The first-order valence-electron chi connectivity index (χ1n) is 5.91. The van der Waals surface area contributed by atoms with Gasteiger partial charge in [-0.2, -0.15) is 4.37 Å². The van der Waals surface area contributed by atoms with E-state index >= 15 is 0 Å². The zero-order valence-corrected chi connectivity index (χ0v) is 11.3. The Morgan fingerprint density at radius 2 is 2.12 bits per heavy atom. The van der Waals surface area contributed by atoms with Crippen molar-refractivity contribution >= 4 is 28.3 Å². The number of anilines is 1. The van der Waals surface area contributed by atoms with Gasteiger partial charge in [0.2, 0.25) is 5.13 Å². The average Bonchev–Trinajstić information content (AvgIpc) is 2.70. The molecule has 90 valence electrons. The highest BCUT2D eigenvalue weighted by molar-refractivity contribution is 7.09. The summed E-state index contributed by atoms with van der Waals surface area (Å²) in [5.74, 6) is 1.32. The summed E-state index contributed by atoms with van der Waals surface area (Å²) in [7, 11) is 0. The smallest absolute Gasteiger partial charge is 0.202 e. The van der Waals surface area contributed by atoms with E-state index in [1.54, 1.807) is 0 Å². The van der Waals surface area contributed by atoms with Gasteiger partial charge in [0, 0.05) is 23.5 Å². The summed E-state index contributed by atoms with van der Waals surface area (Å²) in [6.07, 6.45) is 4.76. The van der Waals surface area contributed by atoms with Crippen LogP contribution in [0.2, 0.25) is 0 Å². The topological polar surface area (TPSA) is 37.8 Å². The van der Waals surface area contributed by atoms with Gasteiger partial charge >= 0.3 is 0 Å². The van der Waals surface area contributed by atoms with E-state index < -0.39 is 0 Å². The SMILES string of the molecule is CC(C)c1nsc(NC2CCCCC2Cl)n1. The van der Waals surface area contributed by atoms with Crippen LogP contribution in [-0.4, -0.2) is 20.8 Å². The first-order chi connectivity index (χ1) is 7.66. The quantitative estimate of drug-likeness (QED) is 0.843. The van der Waals surface area contributed by atoms with E-state index in [0.29, 0.717) is 12.0 Å². The third-order valence-corrected chi connectivity index (χ3v) is 4.13. The fourth-order valence-electron chi connectivity index (χ4n) is 1.93. The van der Waals surface area contributed by atoms with Crippen LogP contribution in [0.4, 0.5) is 5.13 Å². The average molecular weight is 260 g/mol. The molecule has 1 aliphatic carbocycles. The maximum Gasteiger partial charge on any atom is 0.202 e. The monoisotopic (exact) mass is 259 g/mol. The third kappa shape index (κ3) is 2.86. The summed E-state index contributed by atoms with van der Waals surface area (Å²) in [5, 5.41) is 4.57. The number of rotatable bonds is 3. The maximum absolute atomic E-state index is 6.30. The lowest BCUT2D eigenvalue weighted by Gasteiger charge is -2.27. The van der Waals surface area contributed by atoms with Crippen molar-refractivity contribution in [2.75, 3.05) is 5.32 Å². The van der Waals surface area contributed by atoms with Crippen molar-refractivity contribution in [3.63, 3.8) is 0 Å². The van der Waals surface area contributed by atoms with Crippen LogP contribution in [0.3, 0.4) is 0 Å². The van der Waals surface area contributed by atoms with Crippen molar-refractivity contribution in [2.45, 2.75) is 56.9 Å². The summed E-state index contributed by atoms with van der Waals surface area (Å²) in [4.78, 5) is 4.48. The molecule has 0 saturated heterocycles. The fraction of sp³-hybridized carbons (Fsp3) is 0.818. The molecule has 1 aromatic rings. The number of alkyl halides is 1. The lowest BCUT2D eigenvalue weighted by atomic mass is 9.95. The van der Waals surface area contributed by atoms with Crippen LogP contribution in [0, 0.1) is 0 Å². The van der Waals surface area contributed by atoms with Crippen LogP contribution >= 0.6 is 23.1 Å². The van der Waals surface area contributed by atoms with Gasteiger partial charge in [-0.05, 0) is 12.8 Å². The van der Waals surface area contributed by atoms with E-state index in [-0.39, 0.29) is 5.38 Å². The summed E-state index contributed by atoms with van der Waals surface area (Å²) in [6.45, 7) is 4.22. The van der Waals surface area contributed by atoms with E-state index in [4.69, 9.17) is 11.6 Å². The minimum Gasteiger partial charge on any atom is -0.356 e. The molecule has 2 unspecified atom stereocenters. The van der Waals surface area contributed by atoms with E-state index in [9.17, 15) is 0 Å². The van der Waals surface area contributed by atoms with E-state index in [1.165, 1.54) is 24.4 Å². The van der Waals surface area contributed by atoms with Gasteiger partial charge in [0.1, 0.15) is 5.82 Å². The van der Waals surface area contributed by atoms with Crippen LogP contribution in [0.15, 0.2) is 0 Å². The predicted molar refractivity (Wildman–Crippen MR) is 69.5 cm³/mol. The standard InChI is InChI=1S/C11H18ClN3S/c1-7(2)10-14-11(16-15-10)13-9-6-4-3-5-8(9)12/h7-9H,3-6H2,1-2H3,(H,13,14,15). The van der Waals surface area contributed by atoms with Gasteiger partial charge in [0.15, 0.2) is 0 Å². The number of nitrogens with one attached hydrogen (secondary N) is 1. The van der Waals surface area contributed by atoms with Crippen molar-refractivity contribution < 1.29 is 0 Å². The molecule has 2 rings (SSSR count). The van der Waals surface area contributed by atoms with Crippen molar-refractivity contribution in [3.8, 4) is 0 Å². The number of hydrogen-bond acceptors (Lipinski definition) is 4. The van der Waals surface area contributed by atoms with Gasteiger partial charge in [-0.1, -0.05) is 26.7 Å². The molecule has 0 aliphatic heterocycles. The molecular formula is C11H18ClN3S. The van der Waals surface area contributed by atoms with Crippen LogP contribution in [0.5, 0.6) is 0 Å². The Labute approximate surface area is 106 Å². The molecule has 2 atom stereocenters. The fourth-order valence-corrected chi connectivity index (χ4v) is 3.05. The second kappa shape index (κ2) is 5.32. The molecule has 1 saturated carbocycles. The molecule has 0 aromatic carbocycles. The highest BCUT2D eigenvalue weighted by Gasteiger charge is 2.24. The molecule has 1 aromatic heterocycles. The lowest BCUT2D eigenvalue weighted by molar-refractivity contribution is 0.469. The van der Waals surface area contributed by atoms with Crippen molar-refractivity contribution in [3.05, 3.63) is 5.82 Å². The first kappa shape index (κ1) is 12.1. The van der Waals surface area contributed by atoms with Gasteiger partial charge in [-0.25, -0.2) is 4.98 Å². The second-order valence-electron chi connectivity index (χ2n) is 4.66. The van der Waals surface area contributed by atoms with E-state index in [1.807, 2.05) is 0 Å². The summed E-state index contributed by atoms with van der Waals surface area (Å²) in [5.41, 5.74) is 0. The molecule has 3 nitrogen and oxygen atoms in total. The van der Waals surface area contributed by atoms with Gasteiger partial charge in [0.25, 0.3) is 0 Å². The Morgan fingerprint density at radius 1 is 1.38 bits per heavy atom. The van der Waals surface area contributed by atoms with Gasteiger partial charge in [0.05, 0.1) is 5.38 Å². The highest BCUT2D eigenvalue weighted by Crippen LogP contribution is 2.27. The number of hydrogen-bond donors (Lipinski definition) is 1. The summed E-state index contributed by atoms with van der Waals surface area (Å²) < 4.78 is 4.33. The first-order valence-corrected chi connectivity index (χ1v) is 7.12. The van der Waals surface area contributed by atoms with Crippen LogP contribution in [0.1, 0.15) is 51.3 Å². The zero-order chi connectivity index (χ0) is 11.5. The van der Waals surface area contributed by atoms with Crippen molar-refractivity contribution in [1.29, 1.82) is 0 Å².